The lowest BCUT2D eigenvalue weighted by Gasteiger charge is -2.34. The van der Waals surface area contributed by atoms with Crippen LogP contribution in [-0.4, -0.2) is 46.8 Å². The van der Waals surface area contributed by atoms with Gasteiger partial charge >= 0.3 is 0 Å². The molecular formula is C21H31N5O3S. The predicted octanol–water partition coefficient (Wildman–Crippen LogP) is 2.63. The molecule has 1 aromatic carbocycles. The first-order valence-corrected chi connectivity index (χ1v) is 11.2. The van der Waals surface area contributed by atoms with Crippen LogP contribution in [-0.2, 0) is 11.2 Å². The van der Waals surface area contributed by atoms with E-state index < -0.39 is 0 Å². The van der Waals surface area contributed by atoms with E-state index in [9.17, 15) is 4.79 Å². The highest BCUT2D eigenvalue weighted by Crippen LogP contribution is 2.30. The number of ether oxygens (including phenoxy) is 2. The first-order valence-electron chi connectivity index (χ1n) is 10.2. The molecule has 1 saturated carbocycles. The number of nitrogens with zero attached hydrogens (tertiary/aromatic N) is 3. The standard InChI is InChI=1S/C21H31N5O3S/c1-13-6-5-7-16(14(13)2)23-20(27)12-30-21-25-24-19(26(21)22)11-15-8-9-17(28-3)18(10-15)29-4/h8-10,13-14,16H,5-7,11-12,22H2,1-4H3,(H,23,27)/t13-,14-,16-/m1/s1. The van der Waals surface area contributed by atoms with E-state index in [1.54, 1.807) is 14.2 Å². The van der Waals surface area contributed by atoms with Crippen LogP contribution in [0.15, 0.2) is 23.4 Å². The van der Waals surface area contributed by atoms with Crippen molar-refractivity contribution in [3.8, 4) is 11.5 Å². The second-order valence-electron chi connectivity index (χ2n) is 7.86. The summed E-state index contributed by atoms with van der Waals surface area (Å²) in [6.45, 7) is 4.48. The second-order valence-corrected chi connectivity index (χ2v) is 8.81. The van der Waals surface area contributed by atoms with Crippen molar-refractivity contribution in [2.24, 2.45) is 11.8 Å². The zero-order chi connectivity index (χ0) is 21.7. The fourth-order valence-electron chi connectivity index (χ4n) is 3.86. The van der Waals surface area contributed by atoms with Crippen LogP contribution in [0, 0.1) is 11.8 Å². The van der Waals surface area contributed by atoms with Crippen LogP contribution in [0.3, 0.4) is 0 Å². The Kier molecular flexibility index (Phi) is 7.47. The lowest BCUT2D eigenvalue weighted by atomic mass is 9.78. The van der Waals surface area contributed by atoms with Gasteiger partial charge < -0.3 is 20.6 Å². The maximum atomic E-state index is 12.4. The summed E-state index contributed by atoms with van der Waals surface area (Å²) in [5.74, 6) is 9.51. The topological polar surface area (TPSA) is 104 Å². The number of hydrogen-bond donors (Lipinski definition) is 2. The van der Waals surface area contributed by atoms with E-state index in [2.05, 4.69) is 29.4 Å². The van der Waals surface area contributed by atoms with Crippen molar-refractivity contribution < 1.29 is 14.3 Å². The maximum Gasteiger partial charge on any atom is 0.230 e. The van der Waals surface area contributed by atoms with Crippen molar-refractivity contribution in [1.82, 2.24) is 20.2 Å². The molecule has 0 spiro atoms. The van der Waals surface area contributed by atoms with Crippen LogP contribution in [0.25, 0.3) is 0 Å². The molecule has 2 aromatic rings. The van der Waals surface area contributed by atoms with Crippen molar-refractivity contribution in [3.05, 3.63) is 29.6 Å². The van der Waals surface area contributed by atoms with Crippen molar-refractivity contribution >= 4 is 17.7 Å². The number of nitrogen functional groups attached to an aromatic ring is 1. The van der Waals surface area contributed by atoms with Crippen molar-refractivity contribution in [2.45, 2.75) is 50.7 Å². The third-order valence-corrected chi connectivity index (χ3v) is 6.87. The summed E-state index contributed by atoms with van der Waals surface area (Å²) < 4.78 is 12.1. The summed E-state index contributed by atoms with van der Waals surface area (Å²) in [5, 5.41) is 12.0. The summed E-state index contributed by atoms with van der Waals surface area (Å²) in [7, 11) is 3.20. The third-order valence-electron chi connectivity index (χ3n) is 5.93. The first kappa shape index (κ1) is 22.3. The molecule has 9 heteroatoms. The zero-order valence-corrected chi connectivity index (χ0v) is 18.9. The molecule has 0 unspecified atom stereocenters. The van der Waals surface area contributed by atoms with Crippen molar-refractivity contribution in [2.75, 3.05) is 25.8 Å². The minimum absolute atomic E-state index is 0.00962. The van der Waals surface area contributed by atoms with Crippen LogP contribution < -0.4 is 20.6 Å². The molecule has 3 rings (SSSR count). The first-order chi connectivity index (χ1) is 14.4. The van der Waals surface area contributed by atoms with E-state index in [-0.39, 0.29) is 17.7 Å². The average molecular weight is 434 g/mol. The SMILES string of the molecule is COc1ccc(Cc2nnc(SCC(=O)N[C@@H]3CCC[C@@H](C)[C@H]3C)n2N)cc1OC. The van der Waals surface area contributed by atoms with Gasteiger partial charge in [0.2, 0.25) is 11.1 Å². The molecule has 3 atom stereocenters. The number of rotatable bonds is 8. The second kappa shape index (κ2) is 10.1. The van der Waals surface area contributed by atoms with Gasteiger partial charge in [0, 0.05) is 12.5 Å². The van der Waals surface area contributed by atoms with Gasteiger partial charge in [-0.05, 0) is 36.0 Å². The van der Waals surface area contributed by atoms with E-state index in [0.717, 1.165) is 12.0 Å². The van der Waals surface area contributed by atoms with Crippen LogP contribution in [0.4, 0.5) is 0 Å². The smallest absolute Gasteiger partial charge is 0.230 e. The number of methoxy groups -OCH3 is 2. The number of nitrogens with one attached hydrogen (secondary N) is 1. The van der Waals surface area contributed by atoms with Gasteiger partial charge in [0.05, 0.1) is 20.0 Å². The van der Waals surface area contributed by atoms with Crippen molar-refractivity contribution in [3.63, 3.8) is 0 Å². The van der Waals surface area contributed by atoms with Gasteiger partial charge in [0.25, 0.3) is 0 Å². The van der Waals surface area contributed by atoms with E-state index in [0.29, 0.717) is 40.7 Å². The Hall–Kier alpha value is -2.42. The van der Waals surface area contributed by atoms with E-state index in [4.69, 9.17) is 15.3 Å². The van der Waals surface area contributed by atoms with Gasteiger partial charge in [0.15, 0.2) is 17.3 Å². The Morgan fingerprint density at radius 1 is 1.23 bits per heavy atom. The minimum Gasteiger partial charge on any atom is -0.493 e. The normalized spacial score (nSPS) is 21.3. The average Bonchev–Trinajstić information content (AvgIpc) is 3.09. The molecule has 30 heavy (non-hydrogen) atoms. The number of aromatic nitrogens is 3. The van der Waals surface area contributed by atoms with Crippen LogP contribution in [0.1, 0.15) is 44.5 Å². The van der Waals surface area contributed by atoms with Gasteiger partial charge in [-0.25, -0.2) is 4.68 Å². The molecule has 0 radical (unpaired) electrons. The summed E-state index contributed by atoms with van der Waals surface area (Å²) in [4.78, 5) is 12.4. The Bertz CT molecular complexity index is 872. The number of carbonyl (C=O) groups excluding carboxylic acids is 1. The molecule has 1 aromatic heterocycles. The van der Waals surface area contributed by atoms with Gasteiger partial charge in [0.1, 0.15) is 0 Å². The lowest BCUT2D eigenvalue weighted by Crippen LogP contribution is -2.44. The van der Waals surface area contributed by atoms with Crippen LogP contribution in [0.5, 0.6) is 11.5 Å². The van der Waals surface area contributed by atoms with E-state index in [1.807, 2.05) is 18.2 Å². The zero-order valence-electron chi connectivity index (χ0n) is 18.1. The Labute approximate surface area is 181 Å². The molecule has 0 saturated heterocycles. The Balaban J connectivity index is 1.57. The number of hydrogen-bond acceptors (Lipinski definition) is 7. The molecule has 1 fully saturated rings. The number of nitrogens with two attached hydrogens (primary N) is 1. The number of carbonyl (C=O) groups is 1. The third kappa shape index (κ3) is 5.19. The van der Waals surface area contributed by atoms with E-state index in [1.165, 1.54) is 29.3 Å². The number of thioether (sulfide) groups is 1. The van der Waals surface area contributed by atoms with Gasteiger partial charge in [-0.15, -0.1) is 10.2 Å². The Morgan fingerprint density at radius 2 is 2.00 bits per heavy atom. The lowest BCUT2D eigenvalue weighted by molar-refractivity contribution is -0.120. The summed E-state index contributed by atoms with van der Waals surface area (Å²) in [6.07, 6.45) is 3.94. The highest BCUT2D eigenvalue weighted by molar-refractivity contribution is 7.99. The van der Waals surface area contributed by atoms with Gasteiger partial charge in [-0.3, -0.25) is 4.79 Å². The fraction of sp³-hybridized carbons (Fsp3) is 0.571. The minimum atomic E-state index is 0.00962. The molecular weight excluding hydrogens is 402 g/mol. The predicted molar refractivity (Wildman–Crippen MR) is 117 cm³/mol. The molecule has 8 nitrogen and oxygen atoms in total. The van der Waals surface area contributed by atoms with E-state index >= 15 is 0 Å². The molecule has 0 bridgehead atoms. The quantitative estimate of drug-likeness (QED) is 0.487. The van der Waals surface area contributed by atoms with Crippen molar-refractivity contribution in [1.29, 1.82) is 0 Å². The number of amides is 1. The molecule has 1 aliphatic carbocycles. The van der Waals surface area contributed by atoms with Crippen LogP contribution in [0.2, 0.25) is 0 Å². The molecule has 1 amide bonds. The monoisotopic (exact) mass is 433 g/mol. The number of benzene rings is 1. The fourth-order valence-corrected chi connectivity index (χ4v) is 4.55. The Morgan fingerprint density at radius 3 is 2.73 bits per heavy atom. The molecule has 0 aliphatic heterocycles. The molecule has 1 heterocycles. The molecule has 3 N–H and O–H groups in total. The van der Waals surface area contributed by atoms with Crippen LogP contribution >= 0.6 is 11.8 Å². The highest BCUT2D eigenvalue weighted by atomic mass is 32.2. The summed E-state index contributed by atoms with van der Waals surface area (Å²) in [5.41, 5.74) is 0.974. The highest BCUT2D eigenvalue weighted by Gasteiger charge is 2.28. The summed E-state index contributed by atoms with van der Waals surface area (Å²) in [6, 6.07) is 5.92. The molecule has 1 aliphatic rings. The molecule has 164 valence electrons. The largest absolute Gasteiger partial charge is 0.493 e. The summed E-state index contributed by atoms with van der Waals surface area (Å²) >= 11 is 1.30. The van der Waals surface area contributed by atoms with Gasteiger partial charge in [-0.1, -0.05) is 44.5 Å². The maximum absolute atomic E-state index is 12.4. The van der Waals surface area contributed by atoms with Gasteiger partial charge in [-0.2, -0.15) is 0 Å².